The highest BCUT2D eigenvalue weighted by Crippen LogP contribution is 2.22. The molecule has 1 aromatic rings. The van der Waals surface area contributed by atoms with Crippen molar-refractivity contribution >= 4 is 16.9 Å². The summed E-state index contributed by atoms with van der Waals surface area (Å²) in [7, 11) is 0. The smallest absolute Gasteiger partial charge is 0.185 e. The Morgan fingerprint density at radius 2 is 2.11 bits per heavy atom. The Bertz CT molecular complexity index is 412. The summed E-state index contributed by atoms with van der Waals surface area (Å²) >= 11 is 0.999. The van der Waals surface area contributed by atoms with Crippen LogP contribution >= 0.6 is 11.8 Å². The van der Waals surface area contributed by atoms with Crippen LogP contribution in [0.4, 0.5) is 0 Å². The summed E-state index contributed by atoms with van der Waals surface area (Å²) < 4.78 is 1.73. The summed E-state index contributed by atoms with van der Waals surface area (Å²) in [5.41, 5.74) is 0.387. The molecule has 0 radical (unpaired) electrons. The van der Waals surface area contributed by atoms with E-state index >= 15 is 0 Å². The van der Waals surface area contributed by atoms with E-state index in [1.54, 1.807) is 10.9 Å². The van der Waals surface area contributed by atoms with Crippen LogP contribution in [0.3, 0.4) is 0 Å². The molecule has 102 valence electrons. The van der Waals surface area contributed by atoms with Crippen molar-refractivity contribution in [3.05, 3.63) is 18.0 Å². The zero-order valence-corrected chi connectivity index (χ0v) is 11.9. The Balaban J connectivity index is 2.69. The average Bonchev–Trinajstić information content (AvgIpc) is 2.73. The molecule has 2 unspecified atom stereocenters. The maximum absolute atomic E-state index is 10.8. The van der Waals surface area contributed by atoms with Crippen LogP contribution in [0.1, 0.15) is 39.4 Å². The Labute approximate surface area is 111 Å². The average molecular weight is 272 g/mol. The lowest BCUT2D eigenvalue weighted by molar-refractivity contribution is -0.109. The topological polar surface area (TPSA) is 75.3 Å². The maximum atomic E-state index is 10.8. The van der Waals surface area contributed by atoms with E-state index in [0.717, 1.165) is 11.8 Å². The minimum atomic E-state index is -1.02. The predicted octanol–water partition coefficient (Wildman–Crippen LogP) is 1.31. The van der Waals surface area contributed by atoms with Crippen LogP contribution in [0.5, 0.6) is 0 Å². The molecule has 6 heteroatoms. The number of aliphatic hydroxyl groups is 2. The van der Waals surface area contributed by atoms with Gasteiger partial charge in [0.2, 0.25) is 0 Å². The number of carbonyl (C=O) groups is 1. The van der Waals surface area contributed by atoms with Gasteiger partial charge in [0, 0.05) is 24.4 Å². The molecular weight excluding hydrogens is 252 g/mol. The largest absolute Gasteiger partial charge is 0.389 e. The van der Waals surface area contributed by atoms with Gasteiger partial charge in [-0.2, -0.15) is 5.10 Å². The molecule has 0 amide bonds. The minimum Gasteiger partial charge on any atom is -0.389 e. The van der Waals surface area contributed by atoms with Gasteiger partial charge in [0.1, 0.15) is 6.10 Å². The fourth-order valence-corrected chi connectivity index (χ4v) is 1.96. The molecule has 0 bridgehead atoms. The molecule has 0 saturated carbocycles. The molecule has 1 rings (SSSR count). The van der Waals surface area contributed by atoms with Crippen LogP contribution in [0.2, 0.25) is 0 Å². The fraction of sp³-hybridized carbons (Fsp3) is 0.667. The standard InChI is InChI=1S/C12H20N2O3S/c1-8(15)18-7-10(16)11(17)9-5-13-14(6-9)12(2,3)4/h5-6,10-11,16-17H,7H2,1-4H3. The lowest BCUT2D eigenvalue weighted by Crippen LogP contribution is -2.23. The lowest BCUT2D eigenvalue weighted by atomic mass is 10.1. The van der Waals surface area contributed by atoms with Gasteiger partial charge >= 0.3 is 0 Å². The number of aromatic nitrogens is 2. The van der Waals surface area contributed by atoms with E-state index in [1.807, 2.05) is 20.8 Å². The van der Waals surface area contributed by atoms with Gasteiger partial charge in [0.25, 0.3) is 0 Å². The van der Waals surface area contributed by atoms with E-state index in [4.69, 9.17) is 0 Å². The first-order valence-electron chi connectivity index (χ1n) is 5.76. The molecule has 1 heterocycles. The minimum absolute atomic E-state index is 0.0772. The number of nitrogens with zero attached hydrogens (tertiary/aromatic N) is 2. The van der Waals surface area contributed by atoms with Crippen LogP contribution in [-0.2, 0) is 10.3 Å². The monoisotopic (exact) mass is 272 g/mol. The van der Waals surface area contributed by atoms with Crippen LogP contribution in [-0.4, -0.2) is 37.0 Å². The van der Waals surface area contributed by atoms with Crippen molar-refractivity contribution in [2.75, 3.05) is 5.75 Å². The van der Waals surface area contributed by atoms with Gasteiger partial charge in [-0.25, -0.2) is 0 Å². The SMILES string of the molecule is CC(=O)SCC(O)C(O)c1cnn(C(C)(C)C)c1. The Hall–Kier alpha value is -0.850. The molecule has 0 aliphatic carbocycles. The zero-order chi connectivity index (χ0) is 13.9. The number of hydrogen-bond acceptors (Lipinski definition) is 5. The summed E-state index contributed by atoms with van der Waals surface area (Å²) in [5.74, 6) is 0.178. The first-order valence-corrected chi connectivity index (χ1v) is 6.75. The molecule has 2 atom stereocenters. The molecule has 0 saturated heterocycles. The molecular formula is C12H20N2O3S. The third-order valence-electron chi connectivity index (χ3n) is 2.45. The van der Waals surface area contributed by atoms with Crippen molar-refractivity contribution in [2.24, 2.45) is 0 Å². The summed E-state index contributed by atoms with van der Waals surface area (Å²) in [6.07, 6.45) is 1.26. The number of hydrogen-bond donors (Lipinski definition) is 2. The summed E-state index contributed by atoms with van der Waals surface area (Å²) in [5, 5.41) is 23.8. The number of aliphatic hydroxyl groups excluding tert-OH is 2. The van der Waals surface area contributed by atoms with E-state index < -0.39 is 12.2 Å². The third kappa shape index (κ3) is 4.12. The molecule has 0 fully saturated rings. The van der Waals surface area contributed by atoms with E-state index in [1.165, 1.54) is 13.1 Å². The second-order valence-electron chi connectivity index (χ2n) is 5.20. The van der Waals surface area contributed by atoms with Gasteiger partial charge in [-0.15, -0.1) is 0 Å². The molecule has 0 aromatic carbocycles. The molecule has 0 spiro atoms. The molecule has 5 nitrogen and oxygen atoms in total. The number of rotatable bonds is 4. The summed E-state index contributed by atoms with van der Waals surface area (Å²) in [6.45, 7) is 7.43. The second kappa shape index (κ2) is 5.86. The molecule has 1 aromatic heterocycles. The van der Waals surface area contributed by atoms with Crippen LogP contribution in [0, 0.1) is 0 Å². The number of thioether (sulfide) groups is 1. The lowest BCUT2D eigenvalue weighted by Gasteiger charge is -2.19. The van der Waals surface area contributed by atoms with Crippen molar-refractivity contribution < 1.29 is 15.0 Å². The summed E-state index contributed by atoms with van der Waals surface area (Å²) in [4.78, 5) is 10.8. The first kappa shape index (κ1) is 15.2. The van der Waals surface area contributed by atoms with Crippen molar-refractivity contribution in [1.82, 2.24) is 9.78 Å². The summed E-state index contributed by atoms with van der Waals surface area (Å²) in [6, 6.07) is 0. The van der Waals surface area contributed by atoms with Crippen LogP contribution in [0.15, 0.2) is 12.4 Å². The van der Waals surface area contributed by atoms with E-state index in [9.17, 15) is 15.0 Å². The zero-order valence-electron chi connectivity index (χ0n) is 11.1. The van der Waals surface area contributed by atoms with Crippen molar-refractivity contribution in [1.29, 1.82) is 0 Å². The van der Waals surface area contributed by atoms with Gasteiger partial charge in [-0.05, 0) is 20.8 Å². The Kier molecular flexibility index (Phi) is 4.95. The van der Waals surface area contributed by atoms with Gasteiger partial charge in [0.05, 0.1) is 17.8 Å². The van der Waals surface area contributed by atoms with E-state index in [2.05, 4.69) is 5.10 Å². The quantitative estimate of drug-likeness (QED) is 0.864. The highest BCUT2D eigenvalue weighted by Gasteiger charge is 2.22. The number of carbonyl (C=O) groups excluding carboxylic acids is 1. The first-order chi connectivity index (χ1) is 8.21. The Morgan fingerprint density at radius 3 is 2.56 bits per heavy atom. The molecule has 0 aliphatic heterocycles. The second-order valence-corrected chi connectivity index (χ2v) is 6.40. The molecule has 18 heavy (non-hydrogen) atoms. The Morgan fingerprint density at radius 1 is 1.50 bits per heavy atom. The normalized spacial score (nSPS) is 15.4. The van der Waals surface area contributed by atoms with Crippen molar-refractivity contribution in [2.45, 2.75) is 45.4 Å². The molecule has 0 aliphatic rings. The van der Waals surface area contributed by atoms with E-state index in [0.29, 0.717) is 5.56 Å². The van der Waals surface area contributed by atoms with Gasteiger partial charge in [-0.1, -0.05) is 11.8 Å². The van der Waals surface area contributed by atoms with Crippen LogP contribution in [0.25, 0.3) is 0 Å². The maximum Gasteiger partial charge on any atom is 0.185 e. The van der Waals surface area contributed by atoms with Gasteiger partial charge in [0.15, 0.2) is 5.12 Å². The van der Waals surface area contributed by atoms with Gasteiger partial charge < -0.3 is 10.2 Å². The predicted molar refractivity (Wildman–Crippen MR) is 71.3 cm³/mol. The highest BCUT2D eigenvalue weighted by molar-refractivity contribution is 8.13. The van der Waals surface area contributed by atoms with Gasteiger partial charge in [-0.3, -0.25) is 9.48 Å². The van der Waals surface area contributed by atoms with Crippen molar-refractivity contribution in [3.8, 4) is 0 Å². The highest BCUT2D eigenvalue weighted by atomic mass is 32.2. The van der Waals surface area contributed by atoms with Crippen molar-refractivity contribution in [3.63, 3.8) is 0 Å². The molecule has 2 N–H and O–H groups in total. The van der Waals surface area contributed by atoms with E-state index in [-0.39, 0.29) is 16.4 Å². The fourth-order valence-electron chi connectivity index (χ4n) is 1.37. The van der Waals surface area contributed by atoms with Crippen LogP contribution < -0.4 is 0 Å². The third-order valence-corrected chi connectivity index (χ3v) is 3.37.